The molecule has 0 atom stereocenters. The molecule has 1 aromatic rings. The van der Waals surface area contributed by atoms with Crippen LogP contribution in [0.1, 0.15) is 5.69 Å². The van der Waals surface area contributed by atoms with Gasteiger partial charge < -0.3 is 10.5 Å². The predicted octanol–water partition coefficient (Wildman–Crippen LogP) is 1.58. The molecule has 0 amide bonds. The Bertz CT molecular complexity index is 326. The van der Waals surface area contributed by atoms with Crippen molar-refractivity contribution < 1.29 is 22.3 Å². The fourth-order valence-electron chi connectivity index (χ4n) is 0.826. The molecule has 0 aliphatic carbocycles. The van der Waals surface area contributed by atoms with Crippen molar-refractivity contribution in [1.29, 1.82) is 0 Å². The van der Waals surface area contributed by atoms with E-state index in [-0.39, 0.29) is 12.2 Å². The lowest BCUT2D eigenvalue weighted by Gasteiger charge is -2.11. The van der Waals surface area contributed by atoms with Crippen molar-refractivity contribution in [1.82, 2.24) is 4.98 Å². The number of pyridine rings is 1. The Morgan fingerprint density at radius 1 is 1.36 bits per heavy atom. The van der Waals surface area contributed by atoms with Gasteiger partial charge in [0.15, 0.2) is 5.75 Å². The van der Waals surface area contributed by atoms with Crippen LogP contribution in [-0.4, -0.2) is 11.3 Å². The van der Waals surface area contributed by atoms with Gasteiger partial charge in [-0.05, 0) is 12.1 Å². The Morgan fingerprint density at radius 2 is 2.00 bits per heavy atom. The van der Waals surface area contributed by atoms with Gasteiger partial charge >= 0.3 is 6.36 Å². The average Bonchev–Trinajstić information content (AvgIpc) is 2.06. The highest BCUT2D eigenvalue weighted by Crippen LogP contribution is 2.24. The summed E-state index contributed by atoms with van der Waals surface area (Å²) < 4.78 is 51.4. The first kappa shape index (κ1) is 10.7. The van der Waals surface area contributed by atoms with Crippen molar-refractivity contribution in [2.75, 3.05) is 0 Å². The zero-order valence-electron chi connectivity index (χ0n) is 6.81. The van der Waals surface area contributed by atoms with E-state index in [2.05, 4.69) is 9.72 Å². The van der Waals surface area contributed by atoms with Crippen molar-refractivity contribution in [2.45, 2.75) is 12.9 Å². The largest absolute Gasteiger partial charge is 0.573 e. The molecule has 0 bridgehead atoms. The first-order valence-corrected chi connectivity index (χ1v) is 3.53. The standard InChI is InChI=1S/C7H6F4N2O/c8-6-2-1-5(4(3-12)13-6)14-7(9,10)11/h1-2H,3,12H2. The first-order valence-electron chi connectivity index (χ1n) is 3.53. The molecule has 7 heteroatoms. The Morgan fingerprint density at radius 3 is 2.50 bits per heavy atom. The normalized spacial score (nSPS) is 11.5. The lowest BCUT2D eigenvalue weighted by atomic mass is 10.3. The minimum atomic E-state index is -4.83. The molecule has 1 rings (SSSR count). The second kappa shape index (κ2) is 3.79. The van der Waals surface area contributed by atoms with Gasteiger partial charge in [-0.2, -0.15) is 4.39 Å². The molecular weight excluding hydrogens is 204 g/mol. The Balaban J connectivity index is 2.97. The van der Waals surface area contributed by atoms with Crippen LogP contribution in [0, 0.1) is 5.95 Å². The summed E-state index contributed by atoms with van der Waals surface area (Å²) in [6, 6.07) is 1.60. The Hall–Kier alpha value is -1.37. The van der Waals surface area contributed by atoms with Crippen LogP contribution in [0.5, 0.6) is 5.75 Å². The van der Waals surface area contributed by atoms with Crippen molar-refractivity contribution >= 4 is 0 Å². The molecule has 0 aliphatic heterocycles. The molecule has 1 aromatic heterocycles. The maximum atomic E-state index is 12.5. The smallest absolute Gasteiger partial charge is 0.404 e. The van der Waals surface area contributed by atoms with Crippen molar-refractivity contribution in [3.05, 3.63) is 23.8 Å². The molecule has 0 radical (unpaired) electrons. The van der Waals surface area contributed by atoms with E-state index in [1.54, 1.807) is 0 Å². The summed E-state index contributed by atoms with van der Waals surface area (Å²) in [7, 11) is 0. The van der Waals surface area contributed by atoms with E-state index in [9.17, 15) is 17.6 Å². The second-order valence-corrected chi connectivity index (χ2v) is 2.33. The third-order valence-corrected chi connectivity index (χ3v) is 1.32. The molecule has 1 heterocycles. The van der Waals surface area contributed by atoms with Gasteiger partial charge in [0.1, 0.15) is 0 Å². The van der Waals surface area contributed by atoms with Gasteiger partial charge in [-0.15, -0.1) is 13.2 Å². The number of hydrogen-bond donors (Lipinski definition) is 1. The molecule has 78 valence electrons. The summed E-state index contributed by atoms with van der Waals surface area (Å²) in [5, 5.41) is 0. The SMILES string of the molecule is NCc1nc(F)ccc1OC(F)(F)F. The summed E-state index contributed by atoms with van der Waals surface area (Å²) in [6.07, 6.45) is -4.83. The Kier molecular flexibility index (Phi) is 2.90. The van der Waals surface area contributed by atoms with Gasteiger partial charge in [0.2, 0.25) is 5.95 Å². The molecule has 0 aromatic carbocycles. The second-order valence-electron chi connectivity index (χ2n) is 2.33. The number of halogens is 4. The molecule has 0 saturated heterocycles. The minimum absolute atomic E-state index is 0.276. The lowest BCUT2D eigenvalue weighted by molar-refractivity contribution is -0.275. The van der Waals surface area contributed by atoms with Gasteiger partial charge in [-0.1, -0.05) is 0 Å². The predicted molar refractivity (Wildman–Crippen MR) is 38.8 cm³/mol. The van der Waals surface area contributed by atoms with Crippen molar-refractivity contribution in [3.8, 4) is 5.75 Å². The maximum absolute atomic E-state index is 12.5. The van der Waals surface area contributed by atoms with Gasteiger partial charge in [0.25, 0.3) is 0 Å². The quantitative estimate of drug-likeness (QED) is 0.595. The van der Waals surface area contributed by atoms with Crippen molar-refractivity contribution in [2.24, 2.45) is 5.73 Å². The first-order chi connectivity index (χ1) is 6.42. The molecule has 2 N–H and O–H groups in total. The summed E-state index contributed by atoms with van der Waals surface area (Å²) in [5.41, 5.74) is 4.79. The van der Waals surface area contributed by atoms with E-state index < -0.39 is 18.1 Å². The van der Waals surface area contributed by atoms with E-state index in [1.165, 1.54) is 0 Å². The molecule has 3 nitrogen and oxygen atoms in total. The molecule has 0 fully saturated rings. The molecular formula is C7H6F4N2O. The highest BCUT2D eigenvalue weighted by atomic mass is 19.4. The van der Waals surface area contributed by atoms with E-state index in [1.807, 2.05) is 0 Å². The highest BCUT2D eigenvalue weighted by Gasteiger charge is 2.32. The van der Waals surface area contributed by atoms with E-state index in [0.717, 1.165) is 12.1 Å². The summed E-state index contributed by atoms with van der Waals surface area (Å²) in [5.74, 6) is -1.48. The topological polar surface area (TPSA) is 48.1 Å². The molecule has 0 aliphatic rings. The number of alkyl halides is 3. The molecule has 0 unspecified atom stereocenters. The number of nitrogens with two attached hydrogens (primary N) is 1. The zero-order chi connectivity index (χ0) is 10.8. The molecule has 0 spiro atoms. The van der Waals surface area contributed by atoms with E-state index >= 15 is 0 Å². The monoisotopic (exact) mass is 210 g/mol. The fraction of sp³-hybridized carbons (Fsp3) is 0.286. The van der Waals surface area contributed by atoms with Crippen LogP contribution in [0.15, 0.2) is 12.1 Å². The van der Waals surface area contributed by atoms with Crippen LogP contribution in [0.2, 0.25) is 0 Å². The number of ether oxygens (including phenoxy) is 1. The summed E-state index contributed by atoms with van der Waals surface area (Å²) >= 11 is 0. The maximum Gasteiger partial charge on any atom is 0.573 e. The number of hydrogen-bond acceptors (Lipinski definition) is 3. The summed E-state index contributed by atoms with van der Waals surface area (Å²) in [4.78, 5) is 3.16. The van der Waals surface area contributed by atoms with Crippen LogP contribution in [-0.2, 0) is 6.54 Å². The van der Waals surface area contributed by atoms with Crippen LogP contribution >= 0.6 is 0 Å². The average molecular weight is 210 g/mol. The number of nitrogens with zero attached hydrogens (tertiary/aromatic N) is 1. The van der Waals surface area contributed by atoms with E-state index in [0.29, 0.717) is 0 Å². The van der Waals surface area contributed by atoms with Gasteiger partial charge in [-0.25, -0.2) is 4.98 Å². The third-order valence-electron chi connectivity index (χ3n) is 1.32. The van der Waals surface area contributed by atoms with Crippen molar-refractivity contribution in [3.63, 3.8) is 0 Å². The van der Waals surface area contributed by atoms with Crippen LogP contribution < -0.4 is 10.5 Å². The highest BCUT2D eigenvalue weighted by molar-refractivity contribution is 5.27. The lowest BCUT2D eigenvalue weighted by Crippen LogP contribution is -2.19. The van der Waals surface area contributed by atoms with Gasteiger partial charge in [-0.3, -0.25) is 0 Å². The number of rotatable bonds is 2. The van der Waals surface area contributed by atoms with Gasteiger partial charge in [0, 0.05) is 6.54 Å². The van der Waals surface area contributed by atoms with Gasteiger partial charge in [0.05, 0.1) is 5.69 Å². The van der Waals surface area contributed by atoms with Crippen LogP contribution in [0.3, 0.4) is 0 Å². The van der Waals surface area contributed by atoms with E-state index in [4.69, 9.17) is 5.73 Å². The minimum Gasteiger partial charge on any atom is -0.404 e. The fourth-order valence-corrected chi connectivity index (χ4v) is 0.826. The Labute approximate surface area is 76.5 Å². The zero-order valence-corrected chi connectivity index (χ0v) is 6.81. The van der Waals surface area contributed by atoms with Crippen LogP contribution in [0.4, 0.5) is 17.6 Å². The third kappa shape index (κ3) is 2.84. The van der Waals surface area contributed by atoms with Crippen LogP contribution in [0.25, 0.3) is 0 Å². The molecule has 14 heavy (non-hydrogen) atoms. The summed E-state index contributed by atoms with van der Waals surface area (Å²) in [6.45, 7) is -0.330. The number of aromatic nitrogens is 1. The molecule has 0 saturated carbocycles.